The van der Waals surface area contributed by atoms with Crippen LogP contribution in [0.15, 0.2) is 0 Å². The van der Waals surface area contributed by atoms with Gasteiger partial charge in [-0.1, -0.05) is 0 Å². The standard InChI is InChI=1S/C16H25N3O2/c20-14-8-17-13(7-18-14)15(21)19-9-16-4-10-1-11(5-16)3-12(2-10)6-16/h10-13,17H,1-9H2,(H,18,20)(H,19,21). The Balaban J connectivity index is 1.34. The molecule has 5 nitrogen and oxygen atoms in total. The molecule has 116 valence electrons. The molecule has 5 rings (SSSR count). The molecule has 5 heteroatoms. The lowest BCUT2D eigenvalue weighted by Crippen LogP contribution is -2.59. The summed E-state index contributed by atoms with van der Waals surface area (Å²) >= 11 is 0. The van der Waals surface area contributed by atoms with E-state index >= 15 is 0 Å². The number of amides is 2. The van der Waals surface area contributed by atoms with Crippen LogP contribution in [0.4, 0.5) is 0 Å². The summed E-state index contributed by atoms with van der Waals surface area (Å²) in [6.07, 6.45) is 8.24. The second kappa shape index (κ2) is 4.97. The van der Waals surface area contributed by atoms with Crippen molar-refractivity contribution in [2.75, 3.05) is 19.6 Å². The molecule has 1 saturated heterocycles. The molecule has 4 aliphatic carbocycles. The third kappa shape index (κ3) is 2.56. The van der Waals surface area contributed by atoms with Crippen molar-refractivity contribution in [2.24, 2.45) is 23.2 Å². The zero-order chi connectivity index (χ0) is 14.4. The third-order valence-electron chi connectivity index (χ3n) is 6.13. The van der Waals surface area contributed by atoms with Crippen molar-refractivity contribution in [3.05, 3.63) is 0 Å². The molecule has 1 atom stereocenters. The van der Waals surface area contributed by atoms with Crippen LogP contribution in [0.1, 0.15) is 38.5 Å². The highest BCUT2D eigenvalue weighted by molar-refractivity contribution is 5.86. The number of carbonyl (C=O) groups is 2. The van der Waals surface area contributed by atoms with E-state index in [-0.39, 0.29) is 24.4 Å². The second-order valence-electron chi connectivity index (χ2n) is 7.87. The van der Waals surface area contributed by atoms with Crippen molar-refractivity contribution in [2.45, 2.75) is 44.6 Å². The predicted octanol–water partition coefficient (Wildman–Crippen LogP) is 0.407. The van der Waals surface area contributed by atoms with Gasteiger partial charge in [-0.15, -0.1) is 0 Å². The molecule has 4 bridgehead atoms. The van der Waals surface area contributed by atoms with Gasteiger partial charge >= 0.3 is 0 Å². The van der Waals surface area contributed by atoms with Crippen LogP contribution in [0.3, 0.4) is 0 Å². The highest BCUT2D eigenvalue weighted by Gasteiger charge is 2.50. The molecule has 4 saturated carbocycles. The summed E-state index contributed by atoms with van der Waals surface area (Å²) in [7, 11) is 0. The highest BCUT2D eigenvalue weighted by Crippen LogP contribution is 2.59. The first-order valence-electron chi connectivity index (χ1n) is 8.40. The Labute approximate surface area is 125 Å². The molecule has 1 aliphatic heterocycles. The lowest BCUT2D eigenvalue weighted by Gasteiger charge is -2.57. The van der Waals surface area contributed by atoms with Crippen LogP contribution in [-0.4, -0.2) is 37.5 Å². The van der Waals surface area contributed by atoms with Crippen molar-refractivity contribution in [1.82, 2.24) is 16.0 Å². The minimum Gasteiger partial charge on any atom is -0.354 e. The molecule has 5 fully saturated rings. The Morgan fingerprint density at radius 3 is 2.29 bits per heavy atom. The van der Waals surface area contributed by atoms with Gasteiger partial charge in [-0.05, 0) is 61.7 Å². The van der Waals surface area contributed by atoms with Gasteiger partial charge in [0.15, 0.2) is 0 Å². The normalized spacial score (nSPS) is 44.5. The zero-order valence-corrected chi connectivity index (χ0v) is 12.5. The fourth-order valence-electron chi connectivity index (χ4n) is 5.66. The van der Waals surface area contributed by atoms with Crippen LogP contribution in [-0.2, 0) is 9.59 Å². The van der Waals surface area contributed by atoms with Crippen molar-refractivity contribution in [3.63, 3.8) is 0 Å². The molecule has 0 radical (unpaired) electrons. The molecule has 0 aromatic rings. The van der Waals surface area contributed by atoms with Crippen LogP contribution < -0.4 is 16.0 Å². The fraction of sp³-hybridized carbons (Fsp3) is 0.875. The molecular weight excluding hydrogens is 266 g/mol. The first-order valence-corrected chi connectivity index (χ1v) is 8.40. The van der Waals surface area contributed by atoms with Crippen LogP contribution in [0.25, 0.3) is 0 Å². The summed E-state index contributed by atoms with van der Waals surface area (Å²) in [4.78, 5) is 23.4. The Bertz CT molecular complexity index is 417. The Morgan fingerprint density at radius 2 is 1.76 bits per heavy atom. The summed E-state index contributed by atoms with van der Waals surface area (Å²) in [6, 6.07) is -0.267. The minimum absolute atomic E-state index is 0.0277. The van der Waals surface area contributed by atoms with Gasteiger partial charge < -0.3 is 10.6 Å². The van der Waals surface area contributed by atoms with Gasteiger partial charge in [0.2, 0.25) is 11.8 Å². The predicted molar refractivity (Wildman–Crippen MR) is 78.4 cm³/mol. The van der Waals surface area contributed by atoms with Gasteiger partial charge in [0.05, 0.1) is 6.54 Å². The monoisotopic (exact) mass is 291 g/mol. The molecule has 3 N–H and O–H groups in total. The van der Waals surface area contributed by atoms with E-state index in [0.29, 0.717) is 12.0 Å². The second-order valence-corrected chi connectivity index (χ2v) is 7.87. The molecule has 21 heavy (non-hydrogen) atoms. The fourth-order valence-corrected chi connectivity index (χ4v) is 5.66. The molecular formula is C16H25N3O2. The average Bonchev–Trinajstić information content (AvgIpc) is 2.44. The summed E-state index contributed by atoms with van der Waals surface area (Å²) in [5.74, 6) is 2.77. The molecule has 1 unspecified atom stereocenters. The van der Waals surface area contributed by atoms with Crippen molar-refractivity contribution in [3.8, 4) is 0 Å². The lowest BCUT2D eigenvalue weighted by atomic mass is 9.49. The molecule has 0 aromatic carbocycles. The van der Waals surface area contributed by atoms with Gasteiger partial charge in [-0.3, -0.25) is 14.9 Å². The number of piperazine rings is 1. The summed E-state index contributed by atoms with van der Waals surface area (Å²) in [5.41, 5.74) is 0.377. The average molecular weight is 291 g/mol. The van der Waals surface area contributed by atoms with E-state index in [0.717, 1.165) is 24.3 Å². The van der Waals surface area contributed by atoms with E-state index in [9.17, 15) is 9.59 Å². The van der Waals surface area contributed by atoms with Gasteiger partial charge in [-0.25, -0.2) is 0 Å². The Morgan fingerprint density at radius 1 is 1.14 bits per heavy atom. The van der Waals surface area contributed by atoms with E-state index in [4.69, 9.17) is 0 Å². The number of nitrogens with one attached hydrogen (secondary N) is 3. The van der Waals surface area contributed by atoms with Crippen molar-refractivity contribution >= 4 is 11.8 Å². The van der Waals surface area contributed by atoms with Gasteiger partial charge in [0, 0.05) is 13.1 Å². The van der Waals surface area contributed by atoms with Crippen molar-refractivity contribution < 1.29 is 9.59 Å². The van der Waals surface area contributed by atoms with Crippen LogP contribution >= 0.6 is 0 Å². The van der Waals surface area contributed by atoms with E-state index in [2.05, 4.69) is 16.0 Å². The topological polar surface area (TPSA) is 70.2 Å². The Hall–Kier alpha value is -1.10. The van der Waals surface area contributed by atoms with Crippen LogP contribution in [0, 0.1) is 23.2 Å². The van der Waals surface area contributed by atoms with E-state index in [1.807, 2.05) is 0 Å². The molecule has 2 amide bonds. The zero-order valence-electron chi connectivity index (χ0n) is 12.5. The maximum absolute atomic E-state index is 12.3. The number of hydrogen-bond donors (Lipinski definition) is 3. The molecule has 0 spiro atoms. The van der Waals surface area contributed by atoms with Gasteiger partial charge in [-0.2, -0.15) is 0 Å². The minimum atomic E-state index is -0.267. The molecule has 0 aromatic heterocycles. The van der Waals surface area contributed by atoms with Crippen LogP contribution in [0.2, 0.25) is 0 Å². The largest absolute Gasteiger partial charge is 0.354 e. The quantitative estimate of drug-likeness (QED) is 0.705. The van der Waals surface area contributed by atoms with E-state index in [1.54, 1.807) is 0 Å². The maximum Gasteiger partial charge on any atom is 0.238 e. The van der Waals surface area contributed by atoms with E-state index < -0.39 is 0 Å². The number of rotatable bonds is 3. The summed E-state index contributed by atoms with van der Waals surface area (Å²) < 4.78 is 0. The maximum atomic E-state index is 12.3. The Kier molecular flexibility index (Phi) is 3.21. The summed E-state index contributed by atoms with van der Waals surface area (Å²) in [5, 5.41) is 8.92. The lowest BCUT2D eigenvalue weighted by molar-refractivity contribution is -0.128. The third-order valence-corrected chi connectivity index (χ3v) is 6.13. The van der Waals surface area contributed by atoms with E-state index in [1.165, 1.54) is 38.5 Å². The van der Waals surface area contributed by atoms with Gasteiger partial charge in [0.25, 0.3) is 0 Å². The number of carbonyl (C=O) groups excluding carboxylic acids is 2. The molecule has 1 heterocycles. The van der Waals surface area contributed by atoms with Gasteiger partial charge in [0.1, 0.15) is 6.04 Å². The number of hydrogen-bond acceptors (Lipinski definition) is 3. The summed E-state index contributed by atoms with van der Waals surface area (Å²) in [6.45, 7) is 1.49. The van der Waals surface area contributed by atoms with Crippen LogP contribution in [0.5, 0.6) is 0 Å². The smallest absolute Gasteiger partial charge is 0.238 e. The molecule has 5 aliphatic rings. The SMILES string of the molecule is O=C1CNC(C(=O)NCC23CC4CC(CC(C4)C2)C3)CN1. The first kappa shape index (κ1) is 13.6. The first-order chi connectivity index (χ1) is 10.1. The highest BCUT2D eigenvalue weighted by atomic mass is 16.2. The van der Waals surface area contributed by atoms with Crippen molar-refractivity contribution in [1.29, 1.82) is 0 Å².